The van der Waals surface area contributed by atoms with Gasteiger partial charge in [-0.25, -0.2) is 4.98 Å². The molecule has 5 aromatic rings. The number of esters is 1. The van der Waals surface area contributed by atoms with E-state index >= 15 is 0 Å². The highest BCUT2D eigenvalue weighted by atomic mass is 32.1. The van der Waals surface area contributed by atoms with Gasteiger partial charge in [-0.05, 0) is 81.7 Å². The highest BCUT2D eigenvalue weighted by Crippen LogP contribution is 2.41. The molecule has 2 aromatic carbocycles. The lowest BCUT2D eigenvalue weighted by Gasteiger charge is -2.37. The van der Waals surface area contributed by atoms with E-state index in [0.29, 0.717) is 12.4 Å². The molecule has 2 saturated heterocycles. The first kappa shape index (κ1) is 46.9. The minimum atomic E-state index is -0.854. The molecular weight excluding hydrogens is 873 g/mol. The Hall–Kier alpha value is -5.58. The first-order chi connectivity index (χ1) is 31.4. The number of amides is 2. The summed E-state index contributed by atoms with van der Waals surface area (Å²) < 4.78 is 7.07. The summed E-state index contributed by atoms with van der Waals surface area (Å²) in [6.45, 7) is 17.2. The summed E-state index contributed by atoms with van der Waals surface area (Å²) in [6.07, 6.45) is 0.883. The lowest BCUT2D eigenvalue weighted by molar-refractivity contribution is -0.147. The maximum Gasteiger partial charge on any atom is 0.308 e. The van der Waals surface area contributed by atoms with Gasteiger partial charge in [0, 0.05) is 66.0 Å². The van der Waals surface area contributed by atoms with Crippen LogP contribution in [0.25, 0.3) is 15.4 Å². The van der Waals surface area contributed by atoms with Crippen LogP contribution >= 0.6 is 22.7 Å². The summed E-state index contributed by atoms with van der Waals surface area (Å²) in [5.74, 6) is -0.615. The molecular formula is C50H60N8O6S2. The number of likely N-dealkylation sites (tertiary alicyclic amines) is 1. The lowest BCUT2D eigenvalue weighted by atomic mass is 9.75. The van der Waals surface area contributed by atoms with Crippen LogP contribution in [0.15, 0.2) is 59.0 Å². The third kappa shape index (κ3) is 9.36. The third-order valence-electron chi connectivity index (χ3n) is 13.6. The summed E-state index contributed by atoms with van der Waals surface area (Å²) in [5, 5.41) is 23.7. The molecule has 8 rings (SSSR count). The van der Waals surface area contributed by atoms with Crippen LogP contribution in [-0.2, 0) is 23.9 Å². The van der Waals surface area contributed by atoms with Gasteiger partial charge >= 0.3 is 5.97 Å². The average molecular weight is 933 g/mol. The number of ether oxygens (including phenoxy) is 1. The Morgan fingerprint density at radius 3 is 2.35 bits per heavy atom. The molecule has 6 heterocycles. The van der Waals surface area contributed by atoms with Crippen LogP contribution in [0.3, 0.4) is 0 Å². The van der Waals surface area contributed by atoms with Crippen molar-refractivity contribution in [1.82, 2.24) is 30.0 Å². The predicted octanol–water partition coefficient (Wildman–Crippen LogP) is 7.82. The van der Waals surface area contributed by atoms with Gasteiger partial charge < -0.3 is 25.0 Å². The number of aliphatic hydroxyl groups excluding tert-OH is 1. The van der Waals surface area contributed by atoms with E-state index in [-0.39, 0.29) is 61.3 Å². The van der Waals surface area contributed by atoms with Gasteiger partial charge in [-0.1, -0.05) is 57.2 Å². The number of hydrogen-bond donors (Lipinski definition) is 2. The van der Waals surface area contributed by atoms with Crippen LogP contribution in [0, 0.1) is 44.9 Å². The van der Waals surface area contributed by atoms with Gasteiger partial charge in [0.25, 0.3) is 0 Å². The lowest BCUT2D eigenvalue weighted by Crippen LogP contribution is -2.51. The molecule has 0 radical (unpaired) electrons. The van der Waals surface area contributed by atoms with Crippen molar-refractivity contribution in [2.75, 3.05) is 31.6 Å². The number of aryl methyl sites for hydroxylation is 3. The number of aromatic nitrogens is 4. The Kier molecular flexibility index (Phi) is 13.5. The molecule has 3 aliphatic rings. The number of β-amino-alcohol motifs (C(OH)–C–C–N with tert-alkyl or cyclic N) is 1. The van der Waals surface area contributed by atoms with E-state index in [1.807, 2.05) is 75.9 Å². The third-order valence-corrected chi connectivity index (χ3v) is 15.8. The number of rotatable bonds is 12. The summed E-state index contributed by atoms with van der Waals surface area (Å²) in [6, 6.07) is 14.5. The second-order valence-corrected chi connectivity index (χ2v) is 21.2. The van der Waals surface area contributed by atoms with Crippen molar-refractivity contribution in [3.63, 3.8) is 0 Å². The van der Waals surface area contributed by atoms with Crippen LogP contribution in [0.2, 0.25) is 0 Å². The van der Waals surface area contributed by atoms with E-state index in [4.69, 9.17) is 9.73 Å². The number of methoxy groups -OCH3 is 1. The van der Waals surface area contributed by atoms with Gasteiger partial charge in [0.05, 0.1) is 47.5 Å². The second kappa shape index (κ2) is 19.0. The minimum absolute atomic E-state index is 0.0219. The predicted molar refractivity (Wildman–Crippen MR) is 257 cm³/mol. The van der Waals surface area contributed by atoms with Gasteiger partial charge in [-0.3, -0.25) is 28.7 Å². The van der Waals surface area contributed by atoms with Crippen molar-refractivity contribution < 1.29 is 29.0 Å². The molecule has 2 fully saturated rings. The van der Waals surface area contributed by atoms with Gasteiger partial charge in [-0.15, -0.1) is 32.9 Å². The Bertz CT molecular complexity index is 2660. The van der Waals surface area contributed by atoms with Crippen molar-refractivity contribution in [3.05, 3.63) is 98.5 Å². The average Bonchev–Trinajstić information content (AvgIpc) is 4.07. The van der Waals surface area contributed by atoms with Crippen LogP contribution < -0.4 is 10.2 Å². The molecule has 0 spiro atoms. The number of nitrogens with one attached hydrogen (secondary N) is 1. The molecule has 1 unspecified atom stereocenters. The van der Waals surface area contributed by atoms with E-state index in [1.165, 1.54) is 12.0 Å². The number of Topliss-reactive ketones (excluding diaryl/α,β-unsaturated/α-hetero) is 1. The highest BCUT2D eigenvalue weighted by molar-refractivity contribution is 7.15. The van der Waals surface area contributed by atoms with Gasteiger partial charge in [0.1, 0.15) is 28.7 Å². The second-order valence-electron chi connectivity index (χ2n) is 19.1. The summed E-state index contributed by atoms with van der Waals surface area (Å²) in [5.41, 5.74) is 8.94. The number of thiazole rings is 1. The number of benzene rings is 2. The molecule has 66 heavy (non-hydrogen) atoms. The number of carbonyl (C=O) groups excluding carboxylic acids is 4. The smallest absolute Gasteiger partial charge is 0.308 e. The molecule has 2 N–H and O–H groups in total. The largest absolute Gasteiger partial charge is 0.469 e. The van der Waals surface area contributed by atoms with Crippen molar-refractivity contribution in [3.8, 4) is 15.4 Å². The molecule has 3 aliphatic heterocycles. The van der Waals surface area contributed by atoms with Crippen molar-refractivity contribution in [2.24, 2.45) is 22.2 Å². The normalized spacial score (nSPS) is 20.5. The first-order valence-corrected chi connectivity index (χ1v) is 24.5. The van der Waals surface area contributed by atoms with Crippen LogP contribution in [0.1, 0.15) is 116 Å². The standard InChI is InChI=1S/C50H60N8O6S2/c1-27-30(4)66-49-43(27)44(53-39(23-42(61)64-9)46-55-54-31(5)58(46)49)33-16-18-36(19-17-33)56-20-10-11-35(24-56)41(60)22-38(50(6,7)8)48(63)57-25-37(59)21-40(57)47(62)52-28(2)32-12-14-34(15-13-32)45-29(3)51-26-65-45/h12-19,26,28,35,37-40,59H,10-11,20-25H2,1-9H3,(H,52,62)/t28-,35?,37+,38+,39-,40-/m0/s1. The van der Waals surface area contributed by atoms with Gasteiger partial charge in [-0.2, -0.15) is 0 Å². The number of nitrogens with zero attached hydrogens (tertiary/aromatic N) is 7. The Labute approximate surface area is 394 Å². The molecule has 16 heteroatoms. The molecule has 0 aliphatic carbocycles. The van der Waals surface area contributed by atoms with Gasteiger partial charge in [0.15, 0.2) is 5.82 Å². The van der Waals surface area contributed by atoms with Crippen LogP contribution in [0.5, 0.6) is 0 Å². The zero-order valence-corrected chi connectivity index (χ0v) is 40.9. The van der Waals surface area contributed by atoms with E-state index in [0.717, 1.165) is 84.9 Å². The number of ketones is 1. The maximum absolute atomic E-state index is 14.6. The van der Waals surface area contributed by atoms with E-state index in [9.17, 15) is 24.3 Å². The molecule has 2 amide bonds. The summed E-state index contributed by atoms with van der Waals surface area (Å²) in [4.78, 5) is 70.9. The molecule has 348 valence electrons. The van der Waals surface area contributed by atoms with Crippen molar-refractivity contribution in [1.29, 1.82) is 0 Å². The highest BCUT2D eigenvalue weighted by Gasteiger charge is 2.45. The fourth-order valence-electron chi connectivity index (χ4n) is 9.60. The van der Waals surface area contributed by atoms with Gasteiger partial charge in [0.2, 0.25) is 11.8 Å². The van der Waals surface area contributed by atoms with E-state index < -0.39 is 29.5 Å². The van der Waals surface area contributed by atoms with Crippen molar-refractivity contribution >= 4 is 57.6 Å². The van der Waals surface area contributed by atoms with Crippen LogP contribution in [0.4, 0.5) is 5.69 Å². The summed E-state index contributed by atoms with van der Waals surface area (Å²) >= 11 is 3.24. The summed E-state index contributed by atoms with van der Waals surface area (Å²) in [7, 11) is 1.37. The number of thiophene rings is 1. The van der Waals surface area contributed by atoms with E-state index in [2.05, 4.69) is 63.5 Å². The molecule has 14 nitrogen and oxygen atoms in total. The zero-order valence-electron chi connectivity index (χ0n) is 39.3. The number of hydrogen-bond acceptors (Lipinski definition) is 13. The van der Waals surface area contributed by atoms with Crippen molar-refractivity contribution in [2.45, 2.75) is 112 Å². The van der Waals surface area contributed by atoms with E-state index in [1.54, 1.807) is 22.7 Å². The molecule has 3 aromatic heterocycles. The molecule has 6 atom stereocenters. The fraction of sp³-hybridized carbons (Fsp3) is 0.480. The Morgan fingerprint density at radius 1 is 0.970 bits per heavy atom. The monoisotopic (exact) mass is 932 g/mol. The molecule has 0 saturated carbocycles. The number of piperidine rings is 1. The Morgan fingerprint density at radius 2 is 1.68 bits per heavy atom. The molecule has 0 bridgehead atoms. The van der Waals surface area contributed by atoms with Crippen LogP contribution in [-0.4, -0.2) is 97.9 Å². The zero-order chi connectivity index (χ0) is 47.2. The first-order valence-electron chi connectivity index (χ1n) is 22.8. The fourth-order valence-corrected chi connectivity index (χ4v) is 11.6. The number of carbonyl (C=O) groups is 4. The quantitative estimate of drug-likeness (QED) is 0.118. The topological polar surface area (TPSA) is 172 Å². The minimum Gasteiger partial charge on any atom is -0.469 e. The SMILES string of the molecule is COC(=O)C[C@@H]1N=C(c2ccc(N3CCCC(C(=O)C[C@H](C(=O)N4C[C@H](O)C[C@H]4C(=O)N[C@@H](C)c4ccc(-c5scnc5C)cc4)C(C)(C)C)C3)cc2)c2c(sc(C)c2C)-n2c(C)nnc21. The maximum atomic E-state index is 14.6. The Balaban J connectivity index is 0.954. The number of fused-ring (bicyclic) bond motifs is 3. The number of anilines is 1. The number of aliphatic imine (C=N–C) groups is 1. The number of aliphatic hydroxyl groups is 1.